The lowest BCUT2D eigenvalue weighted by atomic mass is 10.1. The molecule has 0 saturated heterocycles. The van der Waals surface area contributed by atoms with E-state index < -0.39 is 0 Å². The van der Waals surface area contributed by atoms with Crippen LogP contribution in [0, 0.1) is 12.7 Å². The number of halogens is 1. The lowest BCUT2D eigenvalue weighted by Gasteiger charge is -2.11. The third-order valence-corrected chi connectivity index (χ3v) is 2.85. The Labute approximate surface area is 116 Å². The molecule has 5 heteroatoms. The van der Waals surface area contributed by atoms with Crippen molar-refractivity contribution < 1.29 is 13.9 Å². The first-order valence-electron chi connectivity index (χ1n) is 6.07. The maximum absolute atomic E-state index is 13.5. The van der Waals surface area contributed by atoms with E-state index in [4.69, 9.17) is 10.5 Å². The van der Waals surface area contributed by atoms with Crippen LogP contribution in [0.4, 0.5) is 10.1 Å². The first-order valence-corrected chi connectivity index (χ1v) is 6.07. The highest BCUT2D eigenvalue weighted by atomic mass is 19.1. The molecule has 2 rings (SSSR count). The van der Waals surface area contributed by atoms with Crippen LogP contribution in [0.5, 0.6) is 11.5 Å². The van der Waals surface area contributed by atoms with E-state index in [9.17, 15) is 9.18 Å². The summed E-state index contributed by atoms with van der Waals surface area (Å²) in [6, 6.07) is 9.21. The highest BCUT2D eigenvalue weighted by molar-refractivity contribution is 5.97. The largest absolute Gasteiger partial charge is 0.456 e. The summed E-state index contributed by atoms with van der Waals surface area (Å²) in [4.78, 5) is 11.8. The number of hydrogen-bond acceptors (Lipinski definition) is 3. The summed E-state index contributed by atoms with van der Waals surface area (Å²) in [5.74, 6) is -0.0723. The van der Waals surface area contributed by atoms with E-state index in [1.165, 1.54) is 19.2 Å². The molecule has 2 aromatic carbocycles. The Bertz CT molecular complexity index is 656. The highest BCUT2D eigenvalue weighted by Gasteiger charge is 2.13. The average molecular weight is 274 g/mol. The van der Waals surface area contributed by atoms with Gasteiger partial charge in [-0.15, -0.1) is 0 Å². The minimum atomic E-state index is -0.368. The number of carbonyl (C=O) groups is 1. The third-order valence-electron chi connectivity index (χ3n) is 2.85. The van der Waals surface area contributed by atoms with Gasteiger partial charge in [0.25, 0.3) is 5.91 Å². The van der Waals surface area contributed by atoms with Crippen molar-refractivity contribution in [3.05, 3.63) is 53.3 Å². The molecular weight excluding hydrogens is 259 g/mol. The summed E-state index contributed by atoms with van der Waals surface area (Å²) in [7, 11) is 1.52. The molecule has 0 radical (unpaired) electrons. The third kappa shape index (κ3) is 2.88. The zero-order chi connectivity index (χ0) is 14.7. The Balaban J connectivity index is 2.38. The van der Waals surface area contributed by atoms with Crippen LogP contribution in [0.15, 0.2) is 36.4 Å². The minimum absolute atomic E-state index is 0.285. The van der Waals surface area contributed by atoms with Gasteiger partial charge in [-0.05, 0) is 30.7 Å². The first-order chi connectivity index (χ1) is 9.51. The van der Waals surface area contributed by atoms with Gasteiger partial charge < -0.3 is 15.8 Å². The molecule has 104 valence electrons. The van der Waals surface area contributed by atoms with Crippen LogP contribution in [0.3, 0.4) is 0 Å². The number of anilines is 1. The second-order valence-electron chi connectivity index (χ2n) is 4.35. The van der Waals surface area contributed by atoms with Crippen LogP contribution in [-0.4, -0.2) is 13.0 Å². The van der Waals surface area contributed by atoms with Gasteiger partial charge in [0.1, 0.15) is 17.3 Å². The molecule has 0 saturated carbocycles. The zero-order valence-electron chi connectivity index (χ0n) is 11.2. The molecule has 0 aromatic heterocycles. The molecule has 0 heterocycles. The normalized spacial score (nSPS) is 10.2. The maximum atomic E-state index is 13.5. The first kappa shape index (κ1) is 13.9. The van der Waals surface area contributed by atoms with Gasteiger partial charge in [0.15, 0.2) is 0 Å². The van der Waals surface area contributed by atoms with Crippen LogP contribution < -0.4 is 15.8 Å². The number of rotatable bonds is 3. The number of nitrogens with two attached hydrogens (primary N) is 1. The molecule has 2 aromatic rings. The Morgan fingerprint density at radius 2 is 2.00 bits per heavy atom. The van der Waals surface area contributed by atoms with E-state index in [0.717, 1.165) is 0 Å². The molecule has 1 amide bonds. The van der Waals surface area contributed by atoms with Crippen LogP contribution in [0.1, 0.15) is 15.9 Å². The SMILES string of the molecule is CNC(=O)c1ccc(N)cc1Oc1ccc(C)c(F)c1. The van der Waals surface area contributed by atoms with Crippen molar-refractivity contribution in [1.82, 2.24) is 5.32 Å². The van der Waals surface area contributed by atoms with Crippen LogP contribution in [-0.2, 0) is 0 Å². The van der Waals surface area contributed by atoms with Gasteiger partial charge in [0, 0.05) is 24.9 Å². The van der Waals surface area contributed by atoms with Crippen molar-refractivity contribution in [2.24, 2.45) is 0 Å². The van der Waals surface area contributed by atoms with Crippen molar-refractivity contribution in [2.45, 2.75) is 6.92 Å². The number of nitrogen functional groups attached to an aromatic ring is 1. The van der Waals surface area contributed by atoms with Gasteiger partial charge in [-0.3, -0.25) is 4.79 Å². The minimum Gasteiger partial charge on any atom is -0.456 e. The van der Waals surface area contributed by atoms with Gasteiger partial charge in [-0.1, -0.05) is 6.07 Å². The van der Waals surface area contributed by atoms with E-state index in [1.54, 1.807) is 31.2 Å². The molecule has 0 aliphatic rings. The molecule has 0 aliphatic carbocycles. The van der Waals surface area contributed by atoms with Crippen LogP contribution >= 0.6 is 0 Å². The van der Waals surface area contributed by atoms with Crippen molar-refractivity contribution in [3.8, 4) is 11.5 Å². The topological polar surface area (TPSA) is 64.4 Å². The fraction of sp³-hybridized carbons (Fsp3) is 0.133. The fourth-order valence-corrected chi connectivity index (χ4v) is 1.71. The number of benzene rings is 2. The molecule has 3 N–H and O–H groups in total. The Morgan fingerprint density at radius 1 is 1.25 bits per heavy atom. The lowest BCUT2D eigenvalue weighted by Crippen LogP contribution is -2.18. The quantitative estimate of drug-likeness (QED) is 0.846. The Hall–Kier alpha value is -2.56. The van der Waals surface area contributed by atoms with Crippen molar-refractivity contribution in [1.29, 1.82) is 0 Å². The van der Waals surface area contributed by atoms with Gasteiger partial charge >= 0.3 is 0 Å². The van der Waals surface area contributed by atoms with Crippen LogP contribution in [0.25, 0.3) is 0 Å². The van der Waals surface area contributed by atoms with Gasteiger partial charge in [-0.25, -0.2) is 4.39 Å². The van der Waals surface area contributed by atoms with E-state index in [1.807, 2.05) is 0 Å². The summed E-state index contributed by atoms with van der Waals surface area (Å²) >= 11 is 0. The van der Waals surface area contributed by atoms with E-state index in [-0.39, 0.29) is 17.5 Å². The zero-order valence-corrected chi connectivity index (χ0v) is 11.2. The van der Waals surface area contributed by atoms with E-state index in [0.29, 0.717) is 22.6 Å². The van der Waals surface area contributed by atoms with E-state index >= 15 is 0 Å². The highest BCUT2D eigenvalue weighted by Crippen LogP contribution is 2.28. The maximum Gasteiger partial charge on any atom is 0.254 e. The van der Waals surface area contributed by atoms with Crippen molar-refractivity contribution >= 4 is 11.6 Å². The second-order valence-corrected chi connectivity index (χ2v) is 4.35. The van der Waals surface area contributed by atoms with E-state index in [2.05, 4.69) is 5.32 Å². The number of amides is 1. The van der Waals surface area contributed by atoms with Gasteiger partial charge in [-0.2, -0.15) is 0 Å². The summed E-state index contributed by atoms with van der Waals surface area (Å²) < 4.78 is 19.1. The Morgan fingerprint density at radius 3 is 2.65 bits per heavy atom. The molecule has 0 fully saturated rings. The number of ether oxygens (including phenoxy) is 1. The number of hydrogen-bond donors (Lipinski definition) is 2. The van der Waals surface area contributed by atoms with Crippen LogP contribution in [0.2, 0.25) is 0 Å². The molecule has 0 unspecified atom stereocenters. The smallest absolute Gasteiger partial charge is 0.254 e. The second kappa shape index (κ2) is 5.61. The Kier molecular flexibility index (Phi) is 3.89. The molecule has 4 nitrogen and oxygen atoms in total. The van der Waals surface area contributed by atoms with Gasteiger partial charge in [0.05, 0.1) is 5.56 Å². The van der Waals surface area contributed by atoms with Crippen molar-refractivity contribution in [2.75, 3.05) is 12.8 Å². The molecule has 0 atom stereocenters. The number of carbonyl (C=O) groups excluding carboxylic acids is 1. The average Bonchev–Trinajstić information content (AvgIpc) is 2.42. The van der Waals surface area contributed by atoms with Gasteiger partial charge in [0.2, 0.25) is 0 Å². The summed E-state index contributed by atoms with van der Waals surface area (Å²) in [5, 5.41) is 2.51. The predicted octanol–water partition coefficient (Wildman–Crippen LogP) is 2.87. The molecular formula is C15H15FN2O2. The number of aryl methyl sites for hydroxylation is 1. The molecule has 0 spiro atoms. The summed E-state index contributed by atoms with van der Waals surface area (Å²) in [6.45, 7) is 1.66. The van der Waals surface area contributed by atoms with Crippen molar-refractivity contribution in [3.63, 3.8) is 0 Å². The molecule has 20 heavy (non-hydrogen) atoms. The predicted molar refractivity (Wildman–Crippen MR) is 75.5 cm³/mol. The standard InChI is InChI=1S/C15H15FN2O2/c1-9-3-5-11(8-13(9)16)20-14-7-10(17)4-6-12(14)15(19)18-2/h3-8H,17H2,1-2H3,(H,18,19). The summed E-state index contributed by atoms with van der Waals surface area (Å²) in [6.07, 6.45) is 0. The molecule has 0 bridgehead atoms. The fourth-order valence-electron chi connectivity index (χ4n) is 1.71. The number of nitrogens with one attached hydrogen (secondary N) is 1. The summed E-state index contributed by atoms with van der Waals surface area (Å²) in [5.41, 5.74) is 7.01. The monoisotopic (exact) mass is 274 g/mol. The lowest BCUT2D eigenvalue weighted by molar-refractivity contribution is 0.0961. The molecule has 0 aliphatic heterocycles.